The van der Waals surface area contributed by atoms with Crippen molar-refractivity contribution in [1.29, 1.82) is 0 Å². The molecule has 0 bridgehead atoms. The van der Waals surface area contributed by atoms with Crippen LogP contribution in [0.3, 0.4) is 0 Å². The molecule has 0 aromatic heterocycles. The quantitative estimate of drug-likeness (QED) is 0.528. The SMILES string of the molecule is CNCCCC(C)N1CC=C(COC)CC1. The van der Waals surface area contributed by atoms with Crippen LogP contribution < -0.4 is 5.32 Å². The van der Waals surface area contributed by atoms with Gasteiger partial charge in [0.2, 0.25) is 0 Å². The van der Waals surface area contributed by atoms with E-state index in [1.54, 1.807) is 7.11 Å². The van der Waals surface area contributed by atoms with E-state index in [0.717, 1.165) is 19.7 Å². The summed E-state index contributed by atoms with van der Waals surface area (Å²) < 4.78 is 5.16. The summed E-state index contributed by atoms with van der Waals surface area (Å²) in [5.41, 5.74) is 1.46. The van der Waals surface area contributed by atoms with Gasteiger partial charge >= 0.3 is 0 Å². The van der Waals surface area contributed by atoms with Crippen molar-refractivity contribution in [1.82, 2.24) is 10.2 Å². The fraction of sp³-hybridized carbons (Fsp3) is 0.846. The summed E-state index contributed by atoms with van der Waals surface area (Å²) in [5.74, 6) is 0. The molecule has 0 aromatic rings. The van der Waals surface area contributed by atoms with Gasteiger partial charge in [0.05, 0.1) is 6.61 Å². The molecule has 0 amide bonds. The highest BCUT2D eigenvalue weighted by atomic mass is 16.5. The lowest BCUT2D eigenvalue weighted by atomic mass is 10.1. The van der Waals surface area contributed by atoms with Crippen LogP contribution >= 0.6 is 0 Å². The van der Waals surface area contributed by atoms with Crippen molar-refractivity contribution in [2.75, 3.05) is 40.4 Å². The number of rotatable bonds is 7. The van der Waals surface area contributed by atoms with E-state index in [-0.39, 0.29) is 0 Å². The monoisotopic (exact) mass is 226 g/mol. The topological polar surface area (TPSA) is 24.5 Å². The predicted octanol–water partition coefficient (Wildman–Crippen LogP) is 1.65. The summed E-state index contributed by atoms with van der Waals surface area (Å²) in [4.78, 5) is 2.56. The van der Waals surface area contributed by atoms with Gasteiger partial charge in [-0.1, -0.05) is 6.08 Å². The Morgan fingerprint density at radius 2 is 2.38 bits per heavy atom. The zero-order chi connectivity index (χ0) is 11.8. The van der Waals surface area contributed by atoms with E-state index in [1.807, 2.05) is 7.05 Å². The minimum absolute atomic E-state index is 0.702. The van der Waals surface area contributed by atoms with Crippen LogP contribution in [0.25, 0.3) is 0 Å². The van der Waals surface area contributed by atoms with E-state index in [2.05, 4.69) is 23.2 Å². The zero-order valence-corrected chi connectivity index (χ0v) is 11.0. The first-order chi connectivity index (χ1) is 7.77. The number of methoxy groups -OCH3 is 1. The van der Waals surface area contributed by atoms with E-state index >= 15 is 0 Å². The number of nitrogens with zero attached hydrogens (tertiary/aromatic N) is 1. The van der Waals surface area contributed by atoms with Crippen molar-refractivity contribution >= 4 is 0 Å². The lowest BCUT2D eigenvalue weighted by Gasteiger charge is -2.31. The van der Waals surface area contributed by atoms with Crippen LogP contribution in [0.15, 0.2) is 11.6 Å². The van der Waals surface area contributed by atoms with Crippen LogP contribution in [-0.4, -0.2) is 51.3 Å². The van der Waals surface area contributed by atoms with Crippen LogP contribution in [0.2, 0.25) is 0 Å². The first-order valence-electron chi connectivity index (χ1n) is 6.33. The van der Waals surface area contributed by atoms with E-state index in [4.69, 9.17) is 4.74 Å². The fourth-order valence-electron chi connectivity index (χ4n) is 2.20. The Labute approximate surface area is 99.8 Å². The predicted molar refractivity (Wildman–Crippen MR) is 68.8 cm³/mol. The van der Waals surface area contributed by atoms with E-state index in [0.29, 0.717) is 6.04 Å². The third-order valence-corrected chi connectivity index (χ3v) is 3.34. The van der Waals surface area contributed by atoms with Crippen molar-refractivity contribution in [3.63, 3.8) is 0 Å². The van der Waals surface area contributed by atoms with Crippen LogP contribution in [-0.2, 0) is 4.74 Å². The molecular weight excluding hydrogens is 200 g/mol. The molecule has 1 rings (SSSR count). The van der Waals surface area contributed by atoms with Crippen LogP contribution in [0.5, 0.6) is 0 Å². The summed E-state index contributed by atoms with van der Waals surface area (Å²) >= 11 is 0. The highest BCUT2D eigenvalue weighted by Crippen LogP contribution is 2.15. The van der Waals surface area contributed by atoms with Crippen LogP contribution in [0.4, 0.5) is 0 Å². The summed E-state index contributed by atoms with van der Waals surface area (Å²) in [5, 5.41) is 3.20. The molecule has 1 aliphatic rings. The molecule has 0 saturated carbocycles. The second-order valence-electron chi connectivity index (χ2n) is 4.64. The molecule has 1 atom stereocenters. The second kappa shape index (κ2) is 7.82. The Balaban J connectivity index is 2.24. The van der Waals surface area contributed by atoms with Crippen molar-refractivity contribution in [3.05, 3.63) is 11.6 Å². The minimum Gasteiger partial charge on any atom is -0.380 e. The van der Waals surface area contributed by atoms with E-state index in [9.17, 15) is 0 Å². The van der Waals surface area contributed by atoms with Gasteiger partial charge in [0.25, 0.3) is 0 Å². The van der Waals surface area contributed by atoms with Gasteiger partial charge in [-0.2, -0.15) is 0 Å². The van der Waals surface area contributed by atoms with Gasteiger partial charge in [-0.05, 0) is 45.4 Å². The van der Waals surface area contributed by atoms with Gasteiger partial charge < -0.3 is 10.1 Å². The molecule has 1 unspecified atom stereocenters. The molecule has 3 nitrogen and oxygen atoms in total. The molecule has 0 radical (unpaired) electrons. The summed E-state index contributed by atoms with van der Waals surface area (Å²) in [6.07, 6.45) is 6.06. The number of nitrogens with one attached hydrogen (secondary N) is 1. The molecule has 0 fully saturated rings. The summed E-state index contributed by atoms with van der Waals surface area (Å²) in [6, 6.07) is 0.702. The lowest BCUT2D eigenvalue weighted by molar-refractivity contribution is 0.189. The molecule has 0 aromatic carbocycles. The Morgan fingerprint density at radius 1 is 1.56 bits per heavy atom. The molecule has 1 aliphatic heterocycles. The van der Waals surface area contributed by atoms with Crippen LogP contribution in [0, 0.1) is 0 Å². The van der Waals surface area contributed by atoms with Crippen molar-refractivity contribution in [2.45, 2.75) is 32.2 Å². The van der Waals surface area contributed by atoms with Crippen molar-refractivity contribution < 1.29 is 4.74 Å². The Hall–Kier alpha value is -0.380. The molecule has 0 saturated heterocycles. The minimum atomic E-state index is 0.702. The molecule has 1 heterocycles. The molecule has 3 heteroatoms. The Morgan fingerprint density at radius 3 is 2.94 bits per heavy atom. The van der Waals surface area contributed by atoms with Crippen molar-refractivity contribution in [3.8, 4) is 0 Å². The third kappa shape index (κ3) is 4.64. The largest absolute Gasteiger partial charge is 0.380 e. The van der Waals surface area contributed by atoms with E-state index in [1.165, 1.54) is 31.4 Å². The highest BCUT2D eigenvalue weighted by molar-refractivity contribution is 5.08. The number of hydrogen-bond acceptors (Lipinski definition) is 3. The molecule has 16 heavy (non-hydrogen) atoms. The maximum absolute atomic E-state index is 5.16. The number of ether oxygens (including phenoxy) is 1. The summed E-state index contributed by atoms with van der Waals surface area (Å²) in [6.45, 7) is 6.56. The Kier molecular flexibility index (Phi) is 6.69. The normalized spacial score (nSPS) is 19.6. The summed E-state index contributed by atoms with van der Waals surface area (Å²) in [7, 11) is 3.79. The van der Waals surface area contributed by atoms with Gasteiger partial charge in [-0.15, -0.1) is 0 Å². The molecule has 1 N–H and O–H groups in total. The standard InChI is InChI=1S/C13H26N2O/c1-12(5-4-8-14-2)15-9-6-13(7-10-15)11-16-3/h6,12,14H,4-5,7-11H2,1-3H3. The van der Waals surface area contributed by atoms with Gasteiger partial charge in [-0.3, -0.25) is 4.90 Å². The van der Waals surface area contributed by atoms with Gasteiger partial charge in [-0.25, -0.2) is 0 Å². The number of hydrogen-bond donors (Lipinski definition) is 1. The zero-order valence-electron chi connectivity index (χ0n) is 11.0. The second-order valence-corrected chi connectivity index (χ2v) is 4.64. The molecule has 0 spiro atoms. The Bertz CT molecular complexity index is 216. The maximum Gasteiger partial charge on any atom is 0.0673 e. The first kappa shape index (κ1) is 13.7. The van der Waals surface area contributed by atoms with Gasteiger partial charge in [0.1, 0.15) is 0 Å². The average Bonchev–Trinajstić information content (AvgIpc) is 2.30. The average molecular weight is 226 g/mol. The molecule has 94 valence electrons. The third-order valence-electron chi connectivity index (χ3n) is 3.34. The smallest absolute Gasteiger partial charge is 0.0673 e. The lowest BCUT2D eigenvalue weighted by Crippen LogP contribution is -2.37. The first-order valence-corrected chi connectivity index (χ1v) is 6.33. The van der Waals surface area contributed by atoms with Gasteiger partial charge in [0.15, 0.2) is 0 Å². The van der Waals surface area contributed by atoms with Crippen molar-refractivity contribution in [2.24, 2.45) is 0 Å². The molecule has 0 aliphatic carbocycles. The highest BCUT2D eigenvalue weighted by Gasteiger charge is 2.16. The van der Waals surface area contributed by atoms with Crippen LogP contribution in [0.1, 0.15) is 26.2 Å². The molecular formula is C13H26N2O. The fourth-order valence-corrected chi connectivity index (χ4v) is 2.20. The maximum atomic E-state index is 5.16. The van der Waals surface area contributed by atoms with Gasteiger partial charge in [0, 0.05) is 26.2 Å². The van der Waals surface area contributed by atoms with E-state index < -0.39 is 0 Å².